The molecule has 5 nitrogen and oxygen atoms in total. The molecule has 1 fully saturated rings. The standard InChI is InChI=1S/C22H30N4O/c1-4-26(5-2)19-11-12-20(16(3)14-19)25-22(27)17-10-13-21(23-15-17)24-18-8-6-7-9-18/h10-15,18H,4-9H2,1-3H3,(H,23,24)(H,25,27). The lowest BCUT2D eigenvalue weighted by molar-refractivity contribution is 0.102. The first kappa shape index (κ1) is 19.2. The third kappa shape index (κ3) is 4.79. The molecule has 1 heterocycles. The molecule has 0 bridgehead atoms. The first-order chi connectivity index (χ1) is 13.1. The highest BCUT2D eigenvalue weighted by Crippen LogP contribution is 2.24. The quantitative estimate of drug-likeness (QED) is 0.736. The highest BCUT2D eigenvalue weighted by atomic mass is 16.1. The van der Waals surface area contributed by atoms with Gasteiger partial charge in [-0.25, -0.2) is 4.98 Å². The lowest BCUT2D eigenvalue weighted by Gasteiger charge is -2.22. The number of carbonyl (C=O) groups is 1. The smallest absolute Gasteiger partial charge is 0.257 e. The zero-order valence-electron chi connectivity index (χ0n) is 16.6. The summed E-state index contributed by atoms with van der Waals surface area (Å²) in [5.74, 6) is 0.715. The van der Waals surface area contributed by atoms with Gasteiger partial charge in [-0.1, -0.05) is 12.8 Å². The molecule has 1 aromatic heterocycles. The van der Waals surface area contributed by atoms with E-state index in [-0.39, 0.29) is 5.91 Å². The van der Waals surface area contributed by atoms with Crippen molar-refractivity contribution < 1.29 is 4.79 Å². The van der Waals surface area contributed by atoms with E-state index >= 15 is 0 Å². The third-order valence-electron chi connectivity index (χ3n) is 5.32. The number of anilines is 3. The number of aryl methyl sites for hydroxylation is 1. The van der Waals surface area contributed by atoms with Crippen LogP contribution in [-0.4, -0.2) is 30.0 Å². The van der Waals surface area contributed by atoms with Crippen LogP contribution >= 0.6 is 0 Å². The molecule has 1 aromatic carbocycles. The van der Waals surface area contributed by atoms with Gasteiger partial charge in [0.05, 0.1) is 5.56 Å². The van der Waals surface area contributed by atoms with Crippen molar-refractivity contribution in [1.82, 2.24) is 4.98 Å². The Hall–Kier alpha value is -2.56. The number of hydrogen-bond donors (Lipinski definition) is 2. The Morgan fingerprint density at radius 1 is 1.15 bits per heavy atom. The van der Waals surface area contributed by atoms with E-state index in [1.54, 1.807) is 6.20 Å². The Balaban J connectivity index is 1.64. The summed E-state index contributed by atoms with van der Waals surface area (Å²) >= 11 is 0. The van der Waals surface area contributed by atoms with Crippen molar-refractivity contribution in [3.63, 3.8) is 0 Å². The number of nitrogens with one attached hydrogen (secondary N) is 2. The van der Waals surface area contributed by atoms with E-state index < -0.39 is 0 Å². The average molecular weight is 367 g/mol. The van der Waals surface area contributed by atoms with Crippen LogP contribution in [0.5, 0.6) is 0 Å². The fraction of sp³-hybridized carbons (Fsp3) is 0.455. The molecule has 1 aliphatic rings. The largest absolute Gasteiger partial charge is 0.372 e. The molecular formula is C22H30N4O. The maximum absolute atomic E-state index is 12.6. The predicted molar refractivity (Wildman–Crippen MR) is 113 cm³/mol. The third-order valence-corrected chi connectivity index (χ3v) is 5.32. The van der Waals surface area contributed by atoms with Gasteiger partial charge in [0.25, 0.3) is 5.91 Å². The highest BCUT2D eigenvalue weighted by Gasteiger charge is 2.15. The summed E-state index contributed by atoms with van der Waals surface area (Å²) in [4.78, 5) is 19.3. The molecule has 0 atom stereocenters. The number of amides is 1. The Morgan fingerprint density at radius 2 is 1.89 bits per heavy atom. The zero-order chi connectivity index (χ0) is 19.2. The van der Waals surface area contributed by atoms with E-state index in [4.69, 9.17) is 0 Å². The minimum absolute atomic E-state index is 0.131. The van der Waals surface area contributed by atoms with Crippen LogP contribution < -0.4 is 15.5 Å². The van der Waals surface area contributed by atoms with Crippen molar-refractivity contribution in [3.05, 3.63) is 47.7 Å². The van der Waals surface area contributed by atoms with Gasteiger partial charge in [0.1, 0.15) is 5.82 Å². The van der Waals surface area contributed by atoms with E-state index in [1.807, 2.05) is 25.1 Å². The maximum atomic E-state index is 12.6. The average Bonchev–Trinajstić information content (AvgIpc) is 3.18. The summed E-state index contributed by atoms with van der Waals surface area (Å²) in [6.07, 6.45) is 6.61. The number of aromatic nitrogens is 1. The molecule has 0 radical (unpaired) electrons. The van der Waals surface area contributed by atoms with Gasteiger partial charge in [-0.2, -0.15) is 0 Å². The van der Waals surface area contributed by atoms with Gasteiger partial charge in [-0.05, 0) is 69.5 Å². The van der Waals surface area contributed by atoms with E-state index in [1.165, 1.54) is 31.4 Å². The van der Waals surface area contributed by atoms with Crippen LogP contribution in [0.4, 0.5) is 17.2 Å². The summed E-state index contributed by atoms with van der Waals surface area (Å²) in [7, 11) is 0. The summed E-state index contributed by atoms with van der Waals surface area (Å²) in [6, 6.07) is 10.4. The van der Waals surface area contributed by atoms with Gasteiger partial charge in [0, 0.05) is 36.7 Å². The molecule has 0 unspecified atom stereocenters. The highest BCUT2D eigenvalue weighted by molar-refractivity contribution is 6.04. The molecule has 27 heavy (non-hydrogen) atoms. The molecule has 1 aliphatic carbocycles. The molecule has 0 spiro atoms. The van der Waals surface area contributed by atoms with E-state index in [2.05, 4.69) is 46.5 Å². The molecule has 5 heteroatoms. The van der Waals surface area contributed by atoms with Crippen LogP contribution in [-0.2, 0) is 0 Å². The van der Waals surface area contributed by atoms with Gasteiger partial charge in [0.15, 0.2) is 0 Å². The molecule has 0 saturated heterocycles. The number of nitrogens with zero attached hydrogens (tertiary/aromatic N) is 2. The van der Waals surface area contributed by atoms with Crippen molar-refractivity contribution in [3.8, 4) is 0 Å². The minimum Gasteiger partial charge on any atom is -0.372 e. The fourth-order valence-electron chi connectivity index (χ4n) is 3.66. The fourth-order valence-corrected chi connectivity index (χ4v) is 3.66. The van der Waals surface area contributed by atoms with Crippen molar-refractivity contribution in [2.24, 2.45) is 0 Å². The van der Waals surface area contributed by atoms with Crippen molar-refractivity contribution >= 4 is 23.1 Å². The first-order valence-corrected chi connectivity index (χ1v) is 10.00. The summed E-state index contributed by atoms with van der Waals surface area (Å²) in [6.45, 7) is 8.25. The zero-order valence-corrected chi connectivity index (χ0v) is 16.6. The Kier molecular flexibility index (Phi) is 6.32. The maximum Gasteiger partial charge on any atom is 0.257 e. The molecule has 3 rings (SSSR count). The van der Waals surface area contributed by atoms with Gasteiger partial charge in [-0.3, -0.25) is 4.79 Å². The Bertz CT molecular complexity index is 762. The van der Waals surface area contributed by atoms with Crippen LogP contribution in [0.2, 0.25) is 0 Å². The lowest BCUT2D eigenvalue weighted by Crippen LogP contribution is -2.22. The van der Waals surface area contributed by atoms with Gasteiger partial charge in [-0.15, -0.1) is 0 Å². The molecular weight excluding hydrogens is 336 g/mol. The van der Waals surface area contributed by atoms with Crippen LogP contribution in [0, 0.1) is 6.92 Å². The Labute approximate surface area is 162 Å². The van der Waals surface area contributed by atoms with Crippen molar-refractivity contribution in [2.45, 2.75) is 52.5 Å². The van der Waals surface area contributed by atoms with E-state index in [0.717, 1.165) is 30.2 Å². The van der Waals surface area contributed by atoms with Crippen LogP contribution in [0.3, 0.4) is 0 Å². The van der Waals surface area contributed by atoms with Crippen molar-refractivity contribution in [2.75, 3.05) is 28.6 Å². The van der Waals surface area contributed by atoms with Crippen LogP contribution in [0.25, 0.3) is 0 Å². The first-order valence-electron chi connectivity index (χ1n) is 10.00. The second kappa shape index (κ2) is 8.89. The van der Waals surface area contributed by atoms with Gasteiger partial charge >= 0.3 is 0 Å². The number of hydrogen-bond acceptors (Lipinski definition) is 4. The monoisotopic (exact) mass is 366 g/mol. The van der Waals surface area contributed by atoms with E-state index in [9.17, 15) is 4.79 Å². The molecule has 144 valence electrons. The normalized spacial score (nSPS) is 14.2. The number of benzene rings is 1. The van der Waals surface area contributed by atoms with Crippen LogP contribution in [0.1, 0.15) is 55.5 Å². The Morgan fingerprint density at radius 3 is 2.48 bits per heavy atom. The number of pyridine rings is 1. The summed E-state index contributed by atoms with van der Waals surface area (Å²) < 4.78 is 0. The second-order valence-corrected chi connectivity index (χ2v) is 7.18. The van der Waals surface area contributed by atoms with Gasteiger partial charge < -0.3 is 15.5 Å². The SMILES string of the molecule is CCN(CC)c1ccc(NC(=O)c2ccc(NC3CCCC3)nc2)c(C)c1. The van der Waals surface area contributed by atoms with Gasteiger partial charge in [0.2, 0.25) is 0 Å². The second-order valence-electron chi connectivity index (χ2n) is 7.18. The molecule has 2 aromatic rings. The topological polar surface area (TPSA) is 57.3 Å². The molecule has 2 N–H and O–H groups in total. The van der Waals surface area contributed by atoms with E-state index in [0.29, 0.717) is 11.6 Å². The predicted octanol–water partition coefficient (Wildman–Crippen LogP) is 4.84. The molecule has 0 aliphatic heterocycles. The number of rotatable bonds is 7. The molecule has 1 saturated carbocycles. The molecule has 1 amide bonds. The van der Waals surface area contributed by atoms with Crippen LogP contribution in [0.15, 0.2) is 36.5 Å². The lowest BCUT2D eigenvalue weighted by atomic mass is 10.1. The summed E-state index contributed by atoms with van der Waals surface area (Å²) in [5.41, 5.74) is 3.64. The van der Waals surface area contributed by atoms with Crippen molar-refractivity contribution in [1.29, 1.82) is 0 Å². The summed E-state index contributed by atoms with van der Waals surface area (Å²) in [5, 5.41) is 6.45. The number of carbonyl (C=O) groups excluding carboxylic acids is 1. The minimum atomic E-state index is -0.131.